The average Bonchev–Trinajstić information content (AvgIpc) is 2.86. The first-order valence-electron chi connectivity index (χ1n) is 7.40. The van der Waals surface area contributed by atoms with E-state index in [0.29, 0.717) is 32.5 Å². The summed E-state index contributed by atoms with van der Waals surface area (Å²) in [6.45, 7) is 5.16. The summed E-state index contributed by atoms with van der Waals surface area (Å²) in [4.78, 5) is 27.3. The monoisotopic (exact) mass is 284 g/mol. The smallest absolute Gasteiger partial charge is 0.329 e. The first-order chi connectivity index (χ1) is 9.42. The predicted octanol–water partition coefficient (Wildman–Crippen LogP) is 1.14. The van der Waals surface area contributed by atoms with Crippen LogP contribution < -0.4 is 0 Å². The number of rotatable bonds is 2. The Kier molecular flexibility index (Phi) is 4.22. The molecule has 114 valence electrons. The van der Waals surface area contributed by atoms with Crippen LogP contribution in [0, 0.1) is 5.92 Å². The first-order valence-corrected chi connectivity index (χ1v) is 7.40. The van der Waals surface area contributed by atoms with Gasteiger partial charge in [0.05, 0.1) is 6.10 Å². The summed E-state index contributed by atoms with van der Waals surface area (Å²) >= 11 is 0. The van der Waals surface area contributed by atoms with Gasteiger partial charge in [0.2, 0.25) is 0 Å². The van der Waals surface area contributed by atoms with Crippen LogP contribution in [0.5, 0.6) is 0 Å². The molecule has 2 rings (SSSR count). The quantitative estimate of drug-likeness (QED) is 0.796. The zero-order valence-corrected chi connectivity index (χ0v) is 12.2. The van der Waals surface area contributed by atoms with Crippen LogP contribution in [0.2, 0.25) is 0 Å². The van der Waals surface area contributed by atoms with E-state index in [9.17, 15) is 19.8 Å². The molecule has 20 heavy (non-hydrogen) atoms. The summed E-state index contributed by atoms with van der Waals surface area (Å²) < 4.78 is 0. The summed E-state index contributed by atoms with van der Waals surface area (Å²) in [6, 6.07) is -0.238. The van der Waals surface area contributed by atoms with Crippen molar-refractivity contribution in [1.29, 1.82) is 0 Å². The molecule has 2 aliphatic heterocycles. The van der Waals surface area contributed by atoms with E-state index in [2.05, 4.69) is 0 Å². The van der Waals surface area contributed by atoms with Gasteiger partial charge in [-0.05, 0) is 31.6 Å². The maximum Gasteiger partial charge on any atom is 0.329 e. The third-order valence-corrected chi connectivity index (χ3v) is 4.89. The SMILES string of the molecule is CCC1(C(=O)O)CCCN1C(=O)N1CCC(C)C(O)C1. The van der Waals surface area contributed by atoms with Crippen molar-refractivity contribution in [3.05, 3.63) is 0 Å². The number of aliphatic hydroxyl groups is 1. The normalized spacial score (nSPS) is 34.4. The molecule has 2 saturated heterocycles. The Labute approximate surface area is 119 Å². The van der Waals surface area contributed by atoms with Crippen LogP contribution >= 0.6 is 0 Å². The summed E-state index contributed by atoms with van der Waals surface area (Å²) in [5.41, 5.74) is -1.06. The Bertz CT molecular complexity index is 401. The van der Waals surface area contributed by atoms with Gasteiger partial charge in [0.25, 0.3) is 0 Å². The highest BCUT2D eigenvalue weighted by Gasteiger charge is 2.50. The maximum atomic E-state index is 12.6. The third kappa shape index (κ3) is 2.37. The van der Waals surface area contributed by atoms with Gasteiger partial charge >= 0.3 is 12.0 Å². The second-order valence-corrected chi connectivity index (χ2v) is 6.01. The van der Waals surface area contributed by atoms with Crippen molar-refractivity contribution in [3.63, 3.8) is 0 Å². The van der Waals surface area contributed by atoms with E-state index < -0.39 is 17.6 Å². The summed E-state index contributed by atoms with van der Waals surface area (Å²) in [5.74, 6) is -0.732. The minimum Gasteiger partial charge on any atom is -0.479 e. The molecule has 0 bridgehead atoms. The highest BCUT2D eigenvalue weighted by molar-refractivity contribution is 5.87. The maximum absolute atomic E-state index is 12.6. The van der Waals surface area contributed by atoms with Crippen LogP contribution in [-0.2, 0) is 4.79 Å². The highest BCUT2D eigenvalue weighted by Crippen LogP contribution is 2.34. The number of carbonyl (C=O) groups is 2. The molecule has 3 atom stereocenters. The molecule has 0 aromatic heterocycles. The van der Waals surface area contributed by atoms with Gasteiger partial charge in [0, 0.05) is 19.6 Å². The molecule has 0 aromatic carbocycles. The molecule has 3 unspecified atom stereocenters. The highest BCUT2D eigenvalue weighted by atomic mass is 16.4. The van der Waals surface area contributed by atoms with E-state index in [0.717, 1.165) is 12.8 Å². The summed E-state index contributed by atoms with van der Waals surface area (Å²) in [5, 5.41) is 19.4. The lowest BCUT2D eigenvalue weighted by molar-refractivity contribution is -0.148. The molecule has 6 nitrogen and oxygen atoms in total. The number of urea groups is 1. The van der Waals surface area contributed by atoms with Crippen molar-refractivity contribution in [2.24, 2.45) is 5.92 Å². The van der Waals surface area contributed by atoms with E-state index in [1.165, 1.54) is 4.90 Å². The lowest BCUT2D eigenvalue weighted by Crippen LogP contribution is -2.58. The number of hydrogen-bond donors (Lipinski definition) is 2. The number of aliphatic hydroxyl groups excluding tert-OH is 1. The van der Waals surface area contributed by atoms with Crippen LogP contribution in [0.4, 0.5) is 4.79 Å². The van der Waals surface area contributed by atoms with Crippen molar-refractivity contribution in [2.75, 3.05) is 19.6 Å². The Morgan fingerprint density at radius 2 is 2.05 bits per heavy atom. The van der Waals surface area contributed by atoms with Crippen LogP contribution in [-0.4, -0.2) is 63.3 Å². The zero-order valence-electron chi connectivity index (χ0n) is 12.2. The van der Waals surface area contributed by atoms with Crippen LogP contribution in [0.25, 0.3) is 0 Å². The number of β-amino-alcohol motifs (C(OH)–C–C–N with tert-alkyl or cyclic N) is 1. The van der Waals surface area contributed by atoms with E-state index in [1.54, 1.807) is 4.90 Å². The molecule has 0 spiro atoms. The van der Waals surface area contributed by atoms with Crippen LogP contribution in [0.3, 0.4) is 0 Å². The molecule has 2 N–H and O–H groups in total. The van der Waals surface area contributed by atoms with Crippen molar-refractivity contribution in [1.82, 2.24) is 9.80 Å². The van der Waals surface area contributed by atoms with Gasteiger partial charge in [0.1, 0.15) is 5.54 Å². The fraction of sp³-hybridized carbons (Fsp3) is 0.857. The Morgan fingerprint density at radius 3 is 2.60 bits per heavy atom. The van der Waals surface area contributed by atoms with Gasteiger partial charge in [-0.2, -0.15) is 0 Å². The van der Waals surface area contributed by atoms with Crippen molar-refractivity contribution in [3.8, 4) is 0 Å². The van der Waals surface area contributed by atoms with Crippen molar-refractivity contribution in [2.45, 2.75) is 51.2 Å². The number of likely N-dealkylation sites (tertiary alicyclic amines) is 2. The van der Waals surface area contributed by atoms with Crippen LogP contribution in [0.1, 0.15) is 39.5 Å². The molecule has 0 aliphatic carbocycles. The average molecular weight is 284 g/mol. The molecule has 2 heterocycles. The molecule has 2 aliphatic rings. The Morgan fingerprint density at radius 1 is 1.35 bits per heavy atom. The van der Waals surface area contributed by atoms with Gasteiger partial charge in [-0.3, -0.25) is 0 Å². The second-order valence-electron chi connectivity index (χ2n) is 6.01. The van der Waals surface area contributed by atoms with Crippen molar-refractivity contribution < 1.29 is 19.8 Å². The summed E-state index contributed by atoms with van der Waals surface area (Å²) in [6.07, 6.45) is 1.89. The number of hydrogen-bond acceptors (Lipinski definition) is 3. The molecular formula is C14H24N2O4. The third-order valence-electron chi connectivity index (χ3n) is 4.89. The lowest BCUT2D eigenvalue weighted by Gasteiger charge is -2.41. The Balaban J connectivity index is 2.14. The van der Waals surface area contributed by atoms with Gasteiger partial charge in [-0.1, -0.05) is 13.8 Å². The number of carboxylic acid groups (broad SMARTS) is 1. The molecular weight excluding hydrogens is 260 g/mol. The fourth-order valence-electron chi connectivity index (χ4n) is 3.29. The number of carbonyl (C=O) groups excluding carboxylic acids is 1. The largest absolute Gasteiger partial charge is 0.479 e. The number of carboxylic acids is 1. The number of piperidine rings is 1. The van der Waals surface area contributed by atoms with Gasteiger partial charge in [-0.25, -0.2) is 9.59 Å². The van der Waals surface area contributed by atoms with E-state index >= 15 is 0 Å². The Hall–Kier alpha value is -1.30. The molecule has 6 heteroatoms. The first kappa shape index (κ1) is 15.1. The van der Waals surface area contributed by atoms with Gasteiger partial charge in [0.15, 0.2) is 0 Å². The van der Waals surface area contributed by atoms with E-state index in [-0.39, 0.29) is 11.9 Å². The van der Waals surface area contributed by atoms with Crippen molar-refractivity contribution >= 4 is 12.0 Å². The topological polar surface area (TPSA) is 81.1 Å². The minimum absolute atomic E-state index is 0.188. The second kappa shape index (κ2) is 5.60. The summed E-state index contributed by atoms with van der Waals surface area (Å²) in [7, 11) is 0. The lowest BCUT2D eigenvalue weighted by atomic mass is 9.92. The molecule has 2 fully saturated rings. The zero-order chi connectivity index (χ0) is 14.9. The van der Waals surface area contributed by atoms with Crippen LogP contribution in [0.15, 0.2) is 0 Å². The molecule has 0 aromatic rings. The number of aliphatic carboxylic acids is 1. The predicted molar refractivity (Wildman–Crippen MR) is 73.4 cm³/mol. The minimum atomic E-state index is -1.06. The number of nitrogens with zero attached hydrogens (tertiary/aromatic N) is 2. The molecule has 2 amide bonds. The fourth-order valence-corrected chi connectivity index (χ4v) is 3.29. The molecule has 0 saturated carbocycles. The van der Waals surface area contributed by atoms with Gasteiger partial charge in [-0.15, -0.1) is 0 Å². The number of amides is 2. The van der Waals surface area contributed by atoms with E-state index in [4.69, 9.17) is 0 Å². The van der Waals surface area contributed by atoms with Gasteiger partial charge < -0.3 is 20.0 Å². The van der Waals surface area contributed by atoms with E-state index in [1.807, 2.05) is 13.8 Å². The molecule has 0 radical (unpaired) electrons. The standard InChI is InChI=1S/C14H24N2O4/c1-3-14(12(18)19)6-4-7-16(14)13(20)15-8-5-10(2)11(17)9-15/h10-11,17H,3-9H2,1-2H3,(H,18,19).